The average Bonchev–Trinajstić information content (AvgIpc) is 3.11. The number of amides is 1. The second-order valence-corrected chi connectivity index (χ2v) is 6.17. The summed E-state index contributed by atoms with van der Waals surface area (Å²) in [5, 5.41) is 8.17. The Morgan fingerprint density at radius 3 is 3.00 bits per heavy atom. The normalized spacial score (nSPS) is 19.9. The van der Waals surface area contributed by atoms with Crippen LogP contribution < -0.4 is 5.32 Å². The molecule has 3 rings (SSSR count). The molecule has 0 radical (unpaired) electrons. The van der Waals surface area contributed by atoms with Crippen molar-refractivity contribution in [3.8, 4) is 0 Å². The standard InChI is InChI=1S/C12H14N4O2S2/c17-10(15-12-14-2-6-20-12)8-16-3-4-18-9(7-16)11-13-1-5-19-11/h1-2,5-6,9H,3-4,7-8H2,(H,14,15,17)/t9-/m0/s1. The molecule has 1 N–H and O–H groups in total. The molecule has 2 aromatic heterocycles. The summed E-state index contributed by atoms with van der Waals surface area (Å²) < 4.78 is 5.70. The lowest BCUT2D eigenvalue weighted by atomic mass is 10.3. The minimum atomic E-state index is -0.0419. The van der Waals surface area contributed by atoms with Crippen LogP contribution in [-0.4, -0.2) is 47.0 Å². The zero-order valence-electron chi connectivity index (χ0n) is 10.7. The van der Waals surface area contributed by atoms with Gasteiger partial charge in [0, 0.05) is 36.2 Å². The van der Waals surface area contributed by atoms with Crippen molar-refractivity contribution in [2.24, 2.45) is 0 Å². The van der Waals surface area contributed by atoms with Gasteiger partial charge in [0.25, 0.3) is 0 Å². The Morgan fingerprint density at radius 1 is 1.40 bits per heavy atom. The summed E-state index contributed by atoms with van der Waals surface area (Å²) in [6.45, 7) is 2.42. The molecule has 20 heavy (non-hydrogen) atoms. The average molecular weight is 310 g/mol. The first-order valence-electron chi connectivity index (χ1n) is 6.24. The molecule has 106 valence electrons. The lowest BCUT2D eigenvalue weighted by molar-refractivity contribution is -0.119. The maximum Gasteiger partial charge on any atom is 0.240 e. The summed E-state index contributed by atoms with van der Waals surface area (Å²) in [5.41, 5.74) is 0. The molecule has 1 amide bonds. The predicted octanol–water partition coefficient (Wildman–Crippen LogP) is 1.61. The Kier molecular flexibility index (Phi) is 4.36. The molecule has 0 spiro atoms. The highest BCUT2D eigenvalue weighted by Crippen LogP contribution is 2.23. The van der Waals surface area contributed by atoms with E-state index < -0.39 is 0 Å². The Morgan fingerprint density at radius 2 is 2.25 bits per heavy atom. The van der Waals surface area contributed by atoms with Gasteiger partial charge >= 0.3 is 0 Å². The maximum atomic E-state index is 11.9. The highest BCUT2D eigenvalue weighted by molar-refractivity contribution is 7.13. The SMILES string of the molecule is O=C(CN1CCO[C@H](c2nccs2)C1)Nc1nccs1. The minimum absolute atomic E-state index is 0.0311. The number of nitrogens with zero attached hydrogens (tertiary/aromatic N) is 3. The van der Waals surface area contributed by atoms with Gasteiger partial charge in [-0.15, -0.1) is 22.7 Å². The lowest BCUT2D eigenvalue weighted by Gasteiger charge is -2.31. The molecule has 1 atom stereocenters. The van der Waals surface area contributed by atoms with Gasteiger partial charge in [-0.25, -0.2) is 9.97 Å². The monoisotopic (exact) mass is 310 g/mol. The quantitative estimate of drug-likeness (QED) is 0.929. The fraction of sp³-hybridized carbons (Fsp3) is 0.417. The van der Waals surface area contributed by atoms with Crippen LogP contribution >= 0.6 is 22.7 Å². The number of thiazole rings is 2. The van der Waals surface area contributed by atoms with Crippen LogP contribution in [0.1, 0.15) is 11.1 Å². The molecule has 6 nitrogen and oxygen atoms in total. The smallest absolute Gasteiger partial charge is 0.240 e. The molecule has 0 unspecified atom stereocenters. The molecular formula is C12H14N4O2S2. The Bertz CT molecular complexity index is 544. The molecule has 3 heterocycles. The zero-order chi connectivity index (χ0) is 13.8. The van der Waals surface area contributed by atoms with Crippen molar-refractivity contribution in [3.05, 3.63) is 28.2 Å². The van der Waals surface area contributed by atoms with Crippen molar-refractivity contribution in [1.82, 2.24) is 14.9 Å². The number of carbonyl (C=O) groups excluding carboxylic acids is 1. The number of hydrogen-bond donors (Lipinski definition) is 1. The minimum Gasteiger partial charge on any atom is -0.368 e. The van der Waals surface area contributed by atoms with E-state index in [2.05, 4.69) is 20.2 Å². The molecule has 1 fully saturated rings. The topological polar surface area (TPSA) is 67.4 Å². The van der Waals surface area contributed by atoms with Gasteiger partial charge in [0.1, 0.15) is 11.1 Å². The fourth-order valence-electron chi connectivity index (χ4n) is 2.04. The third-order valence-corrected chi connectivity index (χ3v) is 4.48. The molecule has 8 heteroatoms. The van der Waals surface area contributed by atoms with Crippen molar-refractivity contribution in [3.63, 3.8) is 0 Å². The zero-order valence-corrected chi connectivity index (χ0v) is 12.3. The van der Waals surface area contributed by atoms with Gasteiger partial charge in [-0.1, -0.05) is 0 Å². The number of morpholine rings is 1. The number of aromatic nitrogens is 2. The van der Waals surface area contributed by atoms with E-state index in [1.165, 1.54) is 11.3 Å². The fourth-order valence-corrected chi connectivity index (χ4v) is 3.26. The van der Waals surface area contributed by atoms with E-state index in [-0.39, 0.29) is 12.0 Å². The summed E-state index contributed by atoms with van der Waals surface area (Å²) in [4.78, 5) is 22.3. The molecule has 0 saturated carbocycles. The van der Waals surface area contributed by atoms with E-state index in [9.17, 15) is 4.79 Å². The number of nitrogens with one attached hydrogen (secondary N) is 1. The first kappa shape index (κ1) is 13.6. The second-order valence-electron chi connectivity index (χ2n) is 4.35. The molecule has 1 aliphatic heterocycles. The van der Waals surface area contributed by atoms with Crippen molar-refractivity contribution >= 4 is 33.7 Å². The van der Waals surface area contributed by atoms with E-state index >= 15 is 0 Å². The Balaban J connectivity index is 1.53. The molecule has 0 bridgehead atoms. The van der Waals surface area contributed by atoms with Gasteiger partial charge in [-0.2, -0.15) is 0 Å². The van der Waals surface area contributed by atoms with Crippen LogP contribution in [0.25, 0.3) is 0 Å². The van der Waals surface area contributed by atoms with Crippen LogP contribution in [-0.2, 0) is 9.53 Å². The summed E-state index contributed by atoms with van der Waals surface area (Å²) >= 11 is 3.00. The number of ether oxygens (including phenoxy) is 1. The second kappa shape index (κ2) is 6.40. The first-order chi connectivity index (χ1) is 9.81. The van der Waals surface area contributed by atoms with Crippen molar-refractivity contribution in [2.75, 3.05) is 31.6 Å². The van der Waals surface area contributed by atoms with Gasteiger partial charge in [0.2, 0.25) is 5.91 Å². The van der Waals surface area contributed by atoms with E-state index in [1.54, 1.807) is 23.7 Å². The molecule has 0 aliphatic carbocycles. The number of anilines is 1. The van der Waals surface area contributed by atoms with Gasteiger partial charge < -0.3 is 10.1 Å². The molecule has 0 aromatic carbocycles. The third-order valence-electron chi connectivity index (χ3n) is 2.92. The number of carbonyl (C=O) groups is 1. The predicted molar refractivity (Wildman–Crippen MR) is 78.0 cm³/mol. The summed E-state index contributed by atoms with van der Waals surface area (Å²) in [5.74, 6) is -0.0419. The number of hydrogen-bond acceptors (Lipinski definition) is 7. The van der Waals surface area contributed by atoms with Crippen LogP contribution in [0.5, 0.6) is 0 Å². The van der Waals surface area contributed by atoms with Crippen LogP contribution in [0.2, 0.25) is 0 Å². The van der Waals surface area contributed by atoms with Gasteiger partial charge in [-0.3, -0.25) is 9.69 Å². The molecular weight excluding hydrogens is 296 g/mol. The highest BCUT2D eigenvalue weighted by Gasteiger charge is 2.25. The summed E-state index contributed by atoms with van der Waals surface area (Å²) in [6.07, 6.45) is 3.42. The maximum absolute atomic E-state index is 11.9. The van der Waals surface area contributed by atoms with E-state index in [0.717, 1.165) is 11.6 Å². The lowest BCUT2D eigenvalue weighted by Crippen LogP contribution is -2.42. The summed E-state index contributed by atoms with van der Waals surface area (Å²) in [6, 6.07) is 0. The van der Waals surface area contributed by atoms with Crippen molar-refractivity contribution < 1.29 is 9.53 Å². The molecule has 2 aromatic rings. The van der Waals surface area contributed by atoms with E-state index in [0.29, 0.717) is 24.8 Å². The Labute approximate surface area is 124 Å². The summed E-state index contributed by atoms with van der Waals surface area (Å²) in [7, 11) is 0. The van der Waals surface area contributed by atoms with Gasteiger partial charge in [-0.05, 0) is 0 Å². The first-order valence-corrected chi connectivity index (χ1v) is 8.00. The van der Waals surface area contributed by atoms with Crippen molar-refractivity contribution in [2.45, 2.75) is 6.10 Å². The molecule has 1 aliphatic rings. The van der Waals surface area contributed by atoms with Gasteiger partial charge in [0.05, 0.1) is 13.2 Å². The van der Waals surface area contributed by atoms with Crippen LogP contribution in [0.3, 0.4) is 0 Å². The number of rotatable bonds is 4. The van der Waals surface area contributed by atoms with Gasteiger partial charge in [0.15, 0.2) is 5.13 Å². The van der Waals surface area contributed by atoms with Crippen LogP contribution in [0.4, 0.5) is 5.13 Å². The van der Waals surface area contributed by atoms with Crippen LogP contribution in [0.15, 0.2) is 23.2 Å². The van der Waals surface area contributed by atoms with E-state index in [1.807, 2.05) is 10.8 Å². The molecule has 1 saturated heterocycles. The van der Waals surface area contributed by atoms with Crippen molar-refractivity contribution in [1.29, 1.82) is 0 Å². The third kappa shape index (κ3) is 3.40. The Hall–Kier alpha value is -1.35. The van der Waals surface area contributed by atoms with E-state index in [4.69, 9.17) is 4.74 Å². The highest BCUT2D eigenvalue weighted by atomic mass is 32.1. The largest absolute Gasteiger partial charge is 0.368 e. The van der Waals surface area contributed by atoms with Crippen LogP contribution in [0, 0.1) is 0 Å².